The van der Waals surface area contributed by atoms with Crippen LogP contribution in [0, 0.1) is 5.92 Å². The average Bonchev–Trinajstić information content (AvgIpc) is 2.04. The molecule has 0 bridgehead atoms. The zero-order valence-electron chi connectivity index (χ0n) is 6.18. The predicted octanol–water partition coefficient (Wildman–Crippen LogP) is 1.82. The lowest BCUT2D eigenvalue weighted by Gasteiger charge is -2.28. The molecule has 0 aromatic rings. The van der Waals surface area contributed by atoms with Gasteiger partial charge in [-0.15, -0.1) is 0 Å². The van der Waals surface area contributed by atoms with E-state index < -0.39 is 0 Å². The molecule has 0 saturated carbocycles. The first-order valence-corrected chi connectivity index (χ1v) is 5.11. The Kier molecular flexibility index (Phi) is 3.95. The first-order chi connectivity index (χ1) is 4.88. The van der Waals surface area contributed by atoms with Gasteiger partial charge in [-0.2, -0.15) is 0 Å². The van der Waals surface area contributed by atoms with E-state index in [1.165, 1.54) is 12.8 Å². The second kappa shape index (κ2) is 4.51. The zero-order chi connectivity index (χ0) is 7.40. The van der Waals surface area contributed by atoms with Crippen molar-refractivity contribution in [3.8, 4) is 0 Å². The molecule has 1 saturated heterocycles. The number of methoxy groups -OCH3 is 1. The van der Waals surface area contributed by atoms with Crippen LogP contribution in [0.2, 0.25) is 0 Å². The molecule has 0 aliphatic carbocycles. The fourth-order valence-corrected chi connectivity index (χ4v) is 2.08. The van der Waals surface area contributed by atoms with Gasteiger partial charge >= 0.3 is 0 Å². The van der Waals surface area contributed by atoms with Crippen molar-refractivity contribution in [3.63, 3.8) is 0 Å². The molecule has 0 N–H and O–H groups in total. The summed E-state index contributed by atoms with van der Waals surface area (Å²) in [5.74, 6) is 0.611. The van der Waals surface area contributed by atoms with E-state index in [1.807, 2.05) is 0 Å². The molecule has 1 rings (SSSR count). The van der Waals surface area contributed by atoms with E-state index in [4.69, 9.17) is 9.47 Å². The molecule has 0 radical (unpaired) electrons. The molecular weight excluding hydrogens is 243 g/mol. The Balaban J connectivity index is 2.34. The van der Waals surface area contributed by atoms with Crippen molar-refractivity contribution in [2.75, 3.05) is 18.1 Å². The fourth-order valence-electron chi connectivity index (χ4n) is 1.23. The standard InChI is InChI=1S/C7H13IO2/c1-9-7-6(5-8)3-2-4-10-7/h6-7H,2-5H2,1H3. The lowest BCUT2D eigenvalue weighted by atomic mass is 10.0. The highest BCUT2D eigenvalue weighted by Crippen LogP contribution is 2.22. The van der Waals surface area contributed by atoms with Crippen molar-refractivity contribution >= 4 is 22.6 Å². The summed E-state index contributed by atoms with van der Waals surface area (Å²) in [6, 6.07) is 0. The van der Waals surface area contributed by atoms with E-state index in [0.29, 0.717) is 5.92 Å². The van der Waals surface area contributed by atoms with Crippen molar-refractivity contribution in [1.29, 1.82) is 0 Å². The Bertz CT molecular complexity index is 85.6. The molecule has 2 nitrogen and oxygen atoms in total. The second-order valence-electron chi connectivity index (χ2n) is 2.53. The smallest absolute Gasteiger partial charge is 0.160 e. The number of hydrogen-bond donors (Lipinski definition) is 0. The van der Waals surface area contributed by atoms with E-state index in [0.717, 1.165) is 11.0 Å². The van der Waals surface area contributed by atoms with Gasteiger partial charge in [-0.25, -0.2) is 0 Å². The van der Waals surface area contributed by atoms with Crippen LogP contribution in [0.4, 0.5) is 0 Å². The van der Waals surface area contributed by atoms with Gasteiger partial charge in [0.2, 0.25) is 0 Å². The lowest BCUT2D eigenvalue weighted by Crippen LogP contribution is -2.31. The Morgan fingerprint density at radius 3 is 3.00 bits per heavy atom. The molecule has 0 amide bonds. The normalized spacial score (nSPS) is 34.2. The second-order valence-corrected chi connectivity index (χ2v) is 3.41. The van der Waals surface area contributed by atoms with Crippen LogP contribution in [0.5, 0.6) is 0 Å². The molecule has 10 heavy (non-hydrogen) atoms. The Morgan fingerprint density at radius 1 is 1.70 bits per heavy atom. The minimum Gasteiger partial charge on any atom is -0.356 e. The number of ether oxygens (including phenoxy) is 2. The van der Waals surface area contributed by atoms with Crippen molar-refractivity contribution < 1.29 is 9.47 Å². The third kappa shape index (κ3) is 2.07. The minimum absolute atomic E-state index is 0.0608. The highest BCUT2D eigenvalue weighted by Gasteiger charge is 2.24. The van der Waals surface area contributed by atoms with Gasteiger partial charge < -0.3 is 9.47 Å². The molecule has 1 fully saturated rings. The van der Waals surface area contributed by atoms with Gasteiger partial charge in [0.05, 0.1) is 0 Å². The number of alkyl halides is 1. The molecule has 0 spiro atoms. The van der Waals surface area contributed by atoms with E-state index in [1.54, 1.807) is 7.11 Å². The summed E-state index contributed by atoms with van der Waals surface area (Å²) >= 11 is 2.39. The fraction of sp³-hybridized carbons (Fsp3) is 1.00. The van der Waals surface area contributed by atoms with E-state index >= 15 is 0 Å². The highest BCUT2D eigenvalue weighted by atomic mass is 127. The quantitative estimate of drug-likeness (QED) is 0.554. The molecule has 1 heterocycles. The maximum Gasteiger partial charge on any atom is 0.160 e. The number of halogens is 1. The van der Waals surface area contributed by atoms with Gasteiger partial charge in [-0.1, -0.05) is 22.6 Å². The molecule has 2 atom stereocenters. The topological polar surface area (TPSA) is 18.5 Å². The molecule has 1 aliphatic rings. The maximum atomic E-state index is 5.40. The summed E-state index contributed by atoms with van der Waals surface area (Å²) in [5, 5.41) is 0. The van der Waals surface area contributed by atoms with E-state index in [2.05, 4.69) is 22.6 Å². The minimum atomic E-state index is 0.0608. The van der Waals surface area contributed by atoms with Gasteiger partial charge in [0.15, 0.2) is 6.29 Å². The van der Waals surface area contributed by atoms with Gasteiger partial charge in [0.25, 0.3) is 0 Å². The van der Waals surface area contributed by atoms with Gasteiger partial charge in [-0.05, 0) is 12.8 Å². The lowest BCUT2D eigenvalue weighted by molar-refractivity contribution is -0.171. The largest absolute Gasteiger partial charge is 0.356 e. The van der Waals surface area contributed by atoms with Crippen LogP contribution in [-0.2, 0) is 9.47 Å². The van der Waals surface area contributed by atoms with Crippen LogP contribution in [0.3, 0.4) is 0 Å². The van der Waals surface area contributed by atoms with Crippen LogP contribution in [0.15, 0.2) is 0 Å². The predicted molar refractivity (Wildman–Crippen MR) is 48.4 cm³/mol. The van der Waals surface area contributed by atoms with Crippen molar-refractivity contribution in [1.82, 2.24) is 0 Å². The van der Waals surface area contributed by atoms with Crippen LogP contribution in [-0.4, -0.2) is 24.4 Å². The molecule has 0 aromatic heterocycles. The van der Waals surface area contributed by atoms with Gasteiger partial charge in [0.1, 0.15) is 0 Å². The van der Waals surface area contributed by atoms with Crippen LogP contribution in [0.25, 0.3) is 0 Å². The molecule has 0 aromatic carbocycles. The van der Waals surface area contributed by atoms with E-state index in [9.17, 15) is 0 Å². The Labute approximate surface area is 75.4 Å². The third-order valence-corrected chi connectivity index (χ3v) is 2.95. The Morgan fingerprint density at radius 2 is 2.50 bits per heavy atom. The summed E-state index contributed by atoms with van der Waals surface area (Å²) in [7, 11) is 1.72. The summed E-state index contributed by atoms with van der Waals surface area (Å²) in [5.41, 5.74) is 0. The van der Waals surface area contributed by atoms with Crippen LogP contribution >= 0.6 is 22.6 Å². The van der Waals surface area contributed by atoms with Gasteiger partial charge in [-0.3, -0.25) is 0 Å². The molecule has 1 aliphatic heterocycles. The molecule has 3 heteroatoms. The average molecular weight is 256 g/mol. The first kappa shape index (κ1) is 8.74. The number of hydrogen-bond acceptors (Lipinski definition) is 2. The monoisotopic (exact) mass is 256 g/mol. The van der Waals surface area contributed by atoms with E-state index in [-0.39, 0.29) is 6.29 Å². The first-order valence-electron chi connectivity index (χ1n) is 3.59. The van der Waals surface area contributed by atoms with Crippen LogP contribution < -0.4 is 0 Å². The van der Waals surface area contributed by atoms with Crippen molar-refractivity contribution in [2.24, 2.45) is 5.92 Å². The Hall–Kier alpha value is 0.650. The molecular formula is C7H13IO2. The van der Waals surface area contributed by atoms with Crippen molar-refractivity contribution in [2.45, 2.75) is 19.1 Å². The summed E-state index contributed by atoms with van der Waals surface area (Å²) in [4.78, 5) is 0. The molecule has 60 valence electrons. The summed E-state index contributed by atoms with van der Waals surface area (Å²) < 4.78 is 11.7. The number of rotatable bonds is 2. The van der Waals surface area contributed by atoms with Gasteiger partial charge in [0, 0.05) is 24.1 Å². The van der Waals surface area contributed by atoms with Crippen LogP contribution in [0.1, 0.15) is 12.8 Å². The highest BCUT2D eigenvalue weighted by molar-refractivity contribution is 14.1. The maximum absolute atomic E-state index is 5.40. The summed E-state index contributed by atoms with van der Waals surface area (Å²) in [6.07, 6.45) is 2.50. The zero-order valence-corrected chi connectivity index (χ0v) is 8.34. The van der Waals surface area contributed by atoms with Crippen molar-refractivity contribution in [3.05, 3.63) is 0 Å². The molecule has 2 unspecified atom stereocenters. The third-order valence-electron chi connectivity index (χ3n) is 1.82. The summed E-state index contributed by atoms with van der Waals surface area (Å²) in [6.45, 7) is 0.867. The SMILES string of the molecule is COC1OCCCC1CI.